The minimum atomic E-state index is -0.321. The molecule has 6 heteroatoms. The second kappa shape index (κ2) is 7.24. The van der Waals surface area contributed by atoms with Gasteiger partial charge in [-0.3, -0.25) is 4.79 Å². The Balaban J connectivity index is 1.90. The second-order valence-corrected chi connectivity index (χ2v) is 5.41. The molecule has 0 radical (unpaired) electrons. The van der Waals surface area contributed by atoms with E-state index in [1.165, 1.54) is 12.1 Å². The highest BCUT2D eigenvalue weighted by Crippen LogP contribution is 2.24. The minimum absolute atomic E-state index is 0.00805. The number of hydrogen-bond acceptors (Lipinski definition) is 2. The molecule has 1 N–H and O–H groups in total. The number of anilines is 1. The Hall–Kier alpha value is -2.11. The van der Waals surface area contributed by atoms with Crippen LogP contribution in [0.25, 0.3) is 0 Å². The van der Waals surface area contributed by atoms with Gasteiger partial charge in [0.15, 0.2) is 0 Å². The maximum Gasteiger partial charge on any atom is 0.317 e. The molecule has 1 fully saturated rings. The van der Waals surface area contributed by atoms with E-state index in [0.717, 1.165) is 0 Å². The first kappa shape index (κ1) is 16.3. The van der Waals surface area contributed by atoms with Crippen LogP contribution in [0.4, 0.5) is 14.9 Å². The first-order valence-electron chi connectivity index (χ1n) is 7.63. The van der Waals surface area contributed by atoms with Gasteiger partial charge < -0.3 is 15.1 Å². The third kappa shape index (κ3) is 3.75. The molecule has 5 nitrogen and oxygen atoms in total. The first-order valence-corrected chi connectivity index (χ1v) is 7.63. The van der Waals surface area contributed by atoms with E-state index in [0.29, 0.717) is 38.3 Å². The highest BCUT2D eigenvalue weighted by atomic mass is 19.1. The number of rotatable bonds is 5. The van der Waals surface area contributed by atoms with E-state index in [4.69, 9.17) is 0 Å². The summed E-state index contributed by atoms with van der Waals surface area (Å²) in [5.41, 5.74) is 0.698. The lowest BCUT2D eigenvalue weighted by Crippen LogP contribution is -2.42. The van der Waals surface area contributed by atoms with Crippen molar-refractivity contribution < 1.29 is 14.0 Å². The SMILES string of the molecule is CCN(CC)C(=O)NC[C@H]1CC(=O)N(c2ccc(F)cc2)C1. The van der Waals surface area contributed by atoms with Crippen LogP contribution in [-0.2, 0) is 4.79 Å². The predicted octanol–water partition coefficient (Wildman–Crippen LogP) is 2.23. The van der Waals surface area contributed by atoms with Gasteiger partial charge >= 0.3 is 6.03 Å². The summed E-state index contributed by atoms with van der Waals surface area (Å²) in [5.74, 6) is -0.232. The molecule has 0 bridgehead atoms. The van der Waals surface area contributed by atoms with E-state index in [1.54, 1.807) is 21.9 Å². The summed E-state index contributed by atoms with van der Waals surface area (Å²) < 4.78 is 12.9. The van der Waals surface area contributed by atoms with E-state index in [2.05, 4.69) is 5.32 Å². The van der Waals surface area contributed by atoms with Gasteiger partial charge in [0.05, 0.1) is 0 Å². The number of carbonyl (C=O) groups is 2. The molecule has 1 aliphatic rings. The number of halogens is 1. The van der Waals surface area contributed by atoms with Crippen LogP contribution in [0.5, 0.6) is 0 Å². The van der Waals surface area contributed by atoms with Crippen molar-refractivity contribution in [3.63, 3.8) is 0 Å². The van der Waals surface area contributed by atoms with Crippen molar-refractivity contribution in [2.45, 2.75) is 20.3 Å². The van der Waals surface area contributed by atoms with Gasteiger partial charge in [-0.2, -0.15) is 0 Å². The molecular formula is C16H22FN3O2. The summed E-state index contributed by atoms with van der Waals surface area (Å²) in [4.78, 5) is 27.3. The second-order valence-electron chi connectivity index (χ2n) is 5.41. The Kier molecular flexibility index (Phi) is 5.35. The van der Waals surface area contributed by atoms with Crippen molar-refractivity contribution in [1.82, 2.24) is 10.2 Å². The Bertz CT molecular complexity index is 529. The average molecular weight is 307 g/mol. The quantitative estimate of drug-likeness (QED) is 0.907. The normalized spacial score (nSPS) is 17.7. The molecule has 1 aromatic rings. The van der Waals surface area contributed by atoms with Crippen LogP contribution in [0, 0.1) is 11.7 Å². The molecule has 22 heavy (non-hydrogen) atoms. The Morgan fingerprint density at radius 1 is 1.32 bits per heavy atom. The van der Waals surface area contributed by atoms with Gasteiger partial charge in [0.25, 0.3) is 0 Å². The van der Waals surface area contributed by atoms with Crippen molar-refractivity contribution in [3.05, 3.63) is 30.1 Å². The van der Waals surface area contributed by atoms with Gasteiger partial charge in [-0.25, -0.2) is 9.18 Å². The van der Waals surface area contributed by atoms with Crippen LogP contribution in [0.15, 0.2) is 24.3 Å². The Morgan fingerprint density at radius 2 is 1.95 bits per heavy atom. The zero-order valence-electron chi connectivity index (χ0n) is 13.0. The highest BCUT2D eigenvalue weighted by Gasteiger charge is 2.30. The number of urea groups is 1. The van der Waals surface area contributed by atoms with Gasteiger partial charge in [-0.15, -0.1) is 0 Å². The van der Waals surface area contributed by atoms with E-state index in [9.17, 15) is 14.0 Å². The van der Waals surface area contributed by atoms with Crippen molar-refractivity contribution in [2.75, 3.05) is 31.1 Å². The van der Waals surface area contributed by atoms with Crippen LogP contribution in [0.1, 0.15) is 20.3 Å². The molecule has 0 aromatic heterocycles. The lowest BCUT2D eigenvalue weighted by atomic mass is 10.1. The molecule has 1 aliphatic heterocycles. The van der Waals surface area contributed by atoms with Gasteiger partial charge in [0, 0.05) is 44.2 Å². The summed E-state index contributed by atoms with van der Waals surface area (Å²) >= 11 is 0. The van der Waals surface area contributed by atoms with E-state index in [-0.39, 0.29) is 23.7 Å². The number of amides is 3. The average Bonchev–Trinajstić information content (AvgIpc) is 2.88. The summed E-state index contributed by atoms with van der Waals surface area (Å²) in [6.07, 6.45) is 0.399. The molecule has 3 amide bonds. The number of benzene rings is 1. The molecule has 1 heterocycles. The zero-order valence-corrected chi connectivity index (χ0v) is 13.0. The number of carbonyl (C=O) groups excluding carboxylic acids is 2. The fourth-order valence-corrected chi connectivity index (χ4v) is 2.64. The van der Waals surface area contributed by atoms with Gasteiger partial charge in [-0.05, 0) is 38.1 Å². The van der Waals surface area contributed by atoms with Crippen LogP contribution >= 0.6 is 0 Å². The molecule has 0 unspecified atom stereocenters. The predicted molar refractivity (Wildman–Crippen MR) is 83.2 cm³/mol. The number of hydrogen-bond donors (Lipinski definition) is 1. The lowest BCUT2D eigenvalue weighted by molar-refractivity contribution is -0.117. The van der Waals surface area contributed by atoms with E-state index in [1.807, 2.05) is 13.8 Å². The maximum absolute atomic E-state index is 12.9. The minimum Gasteiger partial charge on any atom is -0.338 e. The van der Waals surface area contributed by atoms with Crippen LogP contribution in [0.2, 0.25) is 0 Å². The van der Waals surface area contributed by atoms with Gasteiger partial charge in [-0.1, -0.05) is 0 Å². The van der Waals surface area contributed by atoms with Crippen LogP contribution < -0.4 is 10.2 Å². The third-order valence-electron chi connectivity index (χ3n) is 3.94. The maximum atomic E-state index is 12.9. The van der Waals surface area contributed by atoms with Crippen molar-refractivity contribution in [2.24, 2.45) is 5.92 Å². The topological polar surface area (TPSA) is 52.7 Å². The summed E-state index contributed by atoms with van der Waals surface area (Å²) in [7, 11) is 0. The van der Waals surface area contributed by atoms with Crippen molar-refractivity contribution in [1.29, 1.82) is 0 Å². The van der Waals surface area contributed by atoms with Crippen LogP contribution in [0.3, 0.4) is 0 Å². The van der Waals surface area contributed by atoms with E-state index < -0.39 is 0 Å². The molecule has 0 aliphatic carbocycles. The van der Waals surface area contributed by atoms with Crippen LogP contribution in [-0.4, -0.2) is 43.0 Å². The fourth-order valence-electron chi connectivity index (χ4n) is 2.64. The van der Waals surface area contributed by atoms with Gasteiger partial charge in [0.2, 0.25) is 5.91 Å². The van der Waals surface area contributed by atoms with E-state index >= 15 is 0 Å². The molecule has 0 spiro atoms. The summed E-state index contributed by atoms with van der Waals surface area (Å²) in [5, 5.41) is 2.88. The molecule has 1 atom stereocenters. The highest BCUT2D eigenvalue weighted by molar-refractivity contribution is 5.95. The Morgan fingerprint density at radius 3 is 2.55 bits per heavy atom. The molecule has 2 rings (SSSR count). The zero-order chi connectivity index (χ0) is 16.1. The van der Waals surface area contributed by atoms with Gasteiger partial charge in [0.1, 0.15) is 5.82 Å². The number of nitrogens with one attached hydrogen (secondary N) is 1. The monoisotopic (exact) mass is 307 g/mol. The molecule has 0 saturated carbocycles. The van der Waals surface area contributed by atoms with Crippen molar-refractivity contribution >= 4 is 17.6 Å². The number of nitrogens with zero attached hydrogens (tertiary/aromatic N) is 2. The summed E-state index contributed by atoms with van der Waals surface area (Å²) in [6, 6.07) is 5.79. The Labute approximate surface area is 130 Å². The molecule has 120 valence electrons. The fraction of sp³-hybridized carbons (Fsp3) is 0.500. The molecular weight excluding hydrogens is 285 g/mol. The third-order valence-corrected chi connectivity index (χ3v) is 3.94. The first-order chi connectivity index (χ1) is 10.5. The van der Waals surface area contributed by atoms with Crippen molar-refractivity contribution in [3.8, 4) is 0 Å². The standard InChI is InChI=1S/C16H22FN3O2/c1-3-19(4-2)16(22)18-10-12-9-15(21)20(11-12)14-7-5-13(17)6-8-14/h5-8,12H,3-4,9-11H2,1-2H3,(H,18,22)/t12-/m1/s1. The molecule has 1 aromatic carbocycles. The largest absolute Gasteiger partial charge is 0.338 e. The molecule has 1 saturated heterocycles. The smallest absolute Gasteiger partial charge is 0.317 e. The summed E-state index contributed by atoms with van der Waals surface area (Å²) in [6.45, 7) is 6.19. The lowest BCUT2D eigenvalue weighted by Gasteiger charge is -2.21.